The average molecular weight is 310 g/mol. The molecule has 2 aliphatic carbocycles. The van der Waals surface area contributed by atoms with Crippen LogP contribution in [-0.4, -0.2) is 64.8 Å². The zero-order chi connectivity index (χ0) is 15.3. The Morgan fingerprint density at radius 3 is 2.64 bits per heavy atom. The van der Waals surface area contributed by atoms with Crippen molar-refractivity contribution in [1.82, 2.24) is 9.80 Å². The molecule has 22 heavy (non-hydrogen) atoms. The number of carbonyl (C=O) groups is 1. The molecule has 4 aliphatic rings. The van der Waals surface area contributed by atoms with Crippen LogP contribution < -0.4 is 0 Å². The Morgan fingerprint density at radius 2 is 1.95 bits per heavy atom. The lowest BCUT2D eigenvalue weighted by atomic mass is 9.71. The van der Waals surface area contributed by atoms with E-state index < -0.39 is 12.3 Å². The van der Waals surface area contributed by atoms with Crippen LogP contribution in [-0.2, 0) is 4.79 Å². The van der Waals surface area contributed by atoms with Crippen molar-refractivity contribution in [2.45, 2.75) is 62.7 Å². The van der Waals surface area contributed by atoms with Crippen molar-refractivity contribution in [2.24, 2.45) is 11.8 Å². The molecule has 2 aliphatic heterocycles. The van der Waals surface area contributed by atoms with Gasteiger partial charge in [0.1, 0.15) is 5.67 Å². The van der Waals surface area contributed by atoms with Gasteiger partial charge in [0.25, 0.3) is 0 Å². The fourth-order valence-electron chi connectivity index (χ4n) is 4.89. The Kier molecular flexibility index (Phi) is 3.68. The first-order valence-corrected chi connectivity index (χ1v) is 8.94. The summed E-state index contributed by atoms with van der Waals surface area (Å²) in [4.78, 5) is 17.2. The van der Waals surface area contributed by atoms with E-state index in [-0.39, 0.29) is 24.7 Å². The molecule has 2 atom stereocenters. The molecular weight excluding hydrogens is 283 g/mol. The number of likely N-dealkylation sites (tertiary alicyclic amines) is 2. The van der Waals surface area contributed by atoms with E-state index in [1.807, 2.05) is 4.90 Å². The number of amides is 1. The first-order chi connectivity index (χ1) is 10.6. The smallest absolute Gasteiger partial charge is 0.225 e. The van der Waals surface area contributed by atoms with E-state index >= 15 is 0 Å². The lowest BCUT2D eigenvalue weighted by Gasteiger charge is -2.49. The second-order valence-electron chi connectivity index (χ2n) is 7.93. The van der Waals surface area contributed by atoms with E-state index in [1.165, 1.54) is 32.2 Å². The van der Waals surface area contributed by atoms with Gasteiger partial charge in [-0.25, -0.2) is 4.39 Å². The average Bonchev–Trinajstić information content (AvgIpc) is 3.34. The zero-order valence-electron chi connectivity index (χ0n) is 13.2. The van der Waals surface area contributed by atoms with Gasteiger partial charge in [0, 0.05) is 31.1 Å². The van der Waals surface area contributed by atoms with Crippen LogP contribution in [0.5, 0.6) is 0 Å². The Balaban J connectivity index is 1.35. The van der Waals surface area contributed by atoms with E-state index in [9.17, 15) is 9.18 Å². The minimum absolute atomic E-state index is 0.128. The minimum Gasteiger partial charge on any atom is -0.393 e. The number of fused-ring (bicyclic) bond motifs is 1. The maximum absolute atomic E-state index is 13.8. The van der Waals surface area contributed by atoms with Gasteiger partial charge < -0.3 is 10.0 Å². The van der Waals surface area contributed by atoms with Gasteiger partial charge in [0.15, 0.2) is 0 Å². The molecule has 5 heteroatoms. The molecule has 0 spiro atoms. The van der Waals surface area contributed by atoms with Crippen LogP contribution >= 0.6 is 0 Å². The van der Waals surface area contributed by atoms with Crippen molar-refractivity contribution >= 4 is 5.91 Å². The highest BCUT2D eigenvalue weighted by Crippen LogP contribution is 2.43. The lowest BCUT2D eigenvalue weighted by Crippen LogP contribution is -2.58. The zero-order valence-corrected chi connectivity index (χ0v) is 13.2. The van der Waals surface area contributed by atoms with Crippen LogP contribution in [0.4, 0.5) is 4.39 Å². The highest BCUT2D eigenvalue weighted by molar-refractivity contribution is 5.80. The Labute approximate surface area is 131 Å². The van der Waals surface area contributed by atoms with E-state index in [1.54, 1.807) is 0 Å². The molecule has 4 rings (SSSR count). The van der Waals surface area contributed by atoms with E-state index in [4.69, 9.17) is 5.11 Å². The molecule has 4 nitrogen and oxygen atoms in total. The highest BCUT2D eigenvalue weighted by Gasteiger charge is 2.50. The predicted molar refractivity (Wildman–Crippen MR) is 81.1 cm³/mol. The quantitative estimate of drug-likeness (QED) is 0.860. The Bertz CT molecular complexity index is 448. The number of hydrogen-bond acceptors (Lipinski definition) is 3. The highest BCUT2D eigenvalue weighted by atomic mass is 19.1. The van der Waals surface area contributed by atoms with Gasteiger partial charge in [0.2, 0.25) is 5.91 Å². The van der Waals surface area contributed by atoms with Gasteiger partial charge in [-0.3, -0.25) is 9.69 Å². The topological polar surface area (TPSA) is 43.8 Å². The molecule has 124 valence electrons. The lowest BCUT2D eigenvalue weighted by molar-refractivity contribution is -0.150. The van der Waals surface area contributed by atoms with Crippen LogP contribution in [0.1, 0.15) is 44.9 Å². The van der Waals surface area contributed by atoms with Gasteiger partial charge in [-0.05, 0) is 57.4 Å². The number of hydrogen-bond donors (Lipinski definition) is 1. The number of rotatable bonds is 3. The molecule has 0 bridgehead atoms. The van der Waals surface area contributed by atoms with Gasteiger partial charge in [-0.2, -0.15) is 0 Å². The van der Waals surface area contributed by atoms with Crippen LogP contribution in [0.25, 0.3) is 0 Å². The predicted octanol–water partition coefficient (Wildman–Crippen LogP) is 1.57. The van der Waals surface area contributed by atoms with Gasteiger partial charge in [-0.1, -0.05) is 0 Å². The minimum atomic E-state index is -1.49. The van der Waals surface area contributed by atoms with Gasteiger partial charge in [-0.15, -0.1) is 0 Å². The first kappa shape index (κ1) is 14.9. The third kappa shape index (κ3) is 2.56. The molecule has 0 aromatic carbocycles. The number of nitrogens with zero attached hydrogens (tertiary/aromatic N) is 2. The van der Waals surface area contributed by atoms with E-state index in [0.717, 1.165) is 25.6 Å². The molecule has 0 aromatic rings. The molecule has 1 amide bonds. The summed E-state index contributed by atoms with van der Waals surface area (Å²) >= 11 is 0. The molecule has 1 N–H and O–H groups in total. The molecule has 0 radical (unpaired) electrons. The molecular formula is C17H27FN2O2. The summed E-state index contributed by atoms with van der Waals surface area (Å²) < 4.78 is 13.8. The third-order valence-corrected chi connectivity index (χ3v) is 6.30. The Morgan fingerprint density at radius 1 is 1.18 bits per heavy atom. The number of aliphatic hydroxyl groups is 1. The molecule has 0 aromatic heterocycles. The summed E-state index contributed by atoms with van der Waals surface area (Å²) in [5.41, 5.74) is -1.49. The SMILES string of the molecule is O=C(C1CC(F)(CO)C1)N1CCC2C(CCCN2C2CC2)C1. The standard InChI is InChI=1S/C17H27FN2O2/c18-17(11-21)8-13(9-17)16(22)19-7-5-15-12(10-19)2-1-6-20(15)14-3-4-14/h12-15,21H,1-11H2. The largest absolute Gasteiger partial charge is 0.393 e. The maximum atomic E-state index is 13.8. The summed E-state index contributed by atoms with van der Waals surface area (Å²) in [6.07, 6.45) is 6.69. The van der Waals surface area contributed by atoms with Crippen LogP contribution in [0.3, 0.4) is 0 Å². The molecule has 2 saturated heterocycles. The summed E-state index contributed by atoms with van der Waals surface area (Å²) in [7, 11) is 0. The van der Waals surface area contributed by atoms with Crippen molar-refractivity contribution in [3.05, 3.63) is 0 Å². The normalized spacial score (nSPS) is 42.6. The fourth-order valence-corrected chi connectivity index (χ4v) is 4.89. The number of aliphatic hydroxyl groups excluding tert-OH is 1. The van der Waals surface area contributed by atoms with Crippen LogP contribution in [0, 0.1) is 11.8 Å². The van der Waals surface area contributed by atoms with Crippen molar-refractivity contribution < 1.29 is 14.3 Å². The summed E-state index contributed by atoms with van der Waals surface area (Å²) in [5.74, 6) is 0.542. The van der Waals surface area contributed by atoms with Crippen LogP contribution in [0.15, 0.2) is 0 Å². The van der Waals surface area contributed by atoms with Crippen molar-refractivity contribution in [3.63, 3.8) is 0 Å². The number of carbonyl (C=O) groups excluding carboxylic acids is 1. The van der Waals surface area contributed by atoms with Gasteiger partial charge >= 0.3 is 0 Å². The fraction of sp³-hybridized carbons (Fsp3) is 0.941. The third-order valence-electron chi connectivity index (χ3n) is 6.30. The summed E-state index contributed by atoms with van der Waals surface area (Å²) in [5, 5.41) is 8.99. The van der Waals surface area contributed by atoms with Crippen molar-refractivity contribution in [2.75, 3.05) is 26.2 Å². The number of alkyl halides is 1. The molecule has 2 unspecified atom stereocenters. The second-order valence-corrected chi connectivity index (χ2v) is 7.93. The monoisotopic (exact) mass is 310 g/mol. The van der Waals surface area contributed by atoms with E-state index in [2.05, 4.69) is 4.90 Å². The summed E-state index contributed by atoms with van der Waals surface area (Å²) in [6, 6.07) is 1.49. The van der Waals surface area contributed by atoms with Crippen molar-refractivity contribution in [1.29, 1.82) is 0 Å². The van der Waals surface area contributed by atoms with E-state index in [0.29, 0.717) is 12.0 Å². The molecule has 2 heterocycles. The molecule has 4 fully saturated rings. The summed E-state index contributed by atoms with van der Waals surface area (Å²) in [6.45, 7) is 2.49. The van der Waals surface area contributed by atoms with Crippen molar-refractivity contribution in [3.8, 4) is 0 Å². The first-order valence-electron chi connectivity index (χ1n) is 8.94. The van der Waals surface area contributed by atoms with Crippen LogP contribution in [0.2, 0.25) is 0 Å². The number of piperidine rings is 2. The molecule has 2 saturated carbocycles. The maximum Gasteiger partial charge on any atom is 0.225 e. The number of halogens is 1. The van der Waals surface area contributed by atoms with Gasteiger partial charge in [0.05, 0.1) is 6.61 Å². The second kappa shape index (κ2) is 5.45. The Hall–Kier alpha value is -0.680.